The smallest absolute Gasteiger partial charge is 0.414 e. The van der Waals surface area contributed by atoms with Gasteiger partial charge >= 0.3 is 6.09 Å². The van der Waals surface area contributed by atoms with Crippen LogP contribution in [0.25, 0.3) is 0 Å². The number of amides is 2. The van der Waals surface area contributed by atoms with Gasteiger partial charge in [0.2, 0.25) is 5.91 Å². The van der Waals surface area contributed by atoms with Gasteiger partial charge in [0.1, 0.15) is 6.10 Å². The second kappa shape index (κ2) is 5.81. The Morgan fingerprint density at radius 1 is 1.41 bits per heavy atom. The van der Waals surface area contributed by atoms with E-state index in [1.54, 1.807) is 28.6 Å². The van der Waals surface area contributed by atoms with Crippen molar-refractivity contribution in [3.05, 3.63) is 18.2 Å². The highest BCUT2D eigenvalue weighted by atomic mass is 32.2. The maximum absolute atomic E-state index is 12.2. The minimum Gasteiger partial charge on any atom is -0.443 e. The molecule has 0 aliphatic carbocycles. The van der Waals surface area contributed by atoms with Gasteiger partial charge in [-0.2, -0.15) is 0 Å². The number of rotatable bonds is 3. The number of nitrogens with zero attached hydrogens (tertiary/aromatic N) is 2. The normalized spacial score (nSPS) is 24.5. The fraction of sp³-hybridized carbons (Fsp3) is 0.467. The molecular formula is C15H19N3O3S. The molecule has 0 radical (unpaired) electrons. The Morgan fingerprint density at radius 3 is 2.82 bits per heavy atom. The lowest BCUT2D eigenvalue weighted by atomic mass is 10.2. The van der Waals surface area contributed by atoms with Gasteiger partial charge in [-0.05, 0) is 24.6 Å². The number of hydrogen-bond acceptors (Lipinski definition) is 5. The van der Waals surface area contributed by atoms with Crippen molar-refractivity contribution in [3.8, 4) is 0 Å². The lowest BCUT2D eigenvalue weighted by Crippen LogP contribution is -2.37. The second-order valence-electron chi connectivity index (χ2n) is 5.42. The fourth-order valence-electron chi connectivity index (χ4n) is 2.69. The zero-order valence-corrected chi connectivity index (χ0v) is 13.4. The van der Waals surface area contributed by atoms with Crippen molar-refractivity contribution in [2.24, 2.45) is 5.73 Å². The highest BCUT2D eigenvalue weighted by Crippen LogP contribution is 2.42. The molecule has 1 saturated heterocycles. The van der Waals surface area contributed by atoms with E-state index in [0.717, 1.165) is 22.7 Å². The van der Waals surface area contributed by atoms with Gasteiger partial charge in [-0.15, -0.1) is 11.8 Å². The van der Waals surface area contributed by atoms with Crippen molar-refractivity contribution in [3.63, 3.8) is 0 Å². The summed E-state index contributed by atoms with van der Waals surface area (Å²) in [6.45, 7) is 2.78. The molecule has 2 aliphatic heterocycles. The number of carbonyl (C=O) groups excluding carboxylic acids is 2. The number of ether oxygens (including phenoxy) is 1. The van der Waals surface area contributed by atoms with E-state index in [9.17, 15) is 9.59 Å². The highest BCUT2D eigenvalue weighted by molar-refractivity contribution is 8.01. The Morgan fingerprint density at radius 2 is 2.18 bits per heavy atom. The van der Waals surface area contributed by atoms with E-state index in [2.05, 4.69) is 0 Å². The summed E-state index contributed by atoms with van der Waals surface area (Å²) >= 11 is 1.55. The van der Waals surface area contributed by atoms with Crippen molar-refractivity contribution in [1.82, 2.24) is 0 Å². The van der Waals surface area contributed by atoms with Crippen LogP contribution in [-0.2, 0) is 9.53 Å². The summed E-state index contributed by atoms with van der Waals surface area (Å²) in [7, 11) is 1.79. The third-order valence-electron chi connectivity index (χ3n) is 4.00. The minimum absolute atomic E-state index is 0.0740. The first-order valence-corrected chi connectivity index (χ1v) is 8.19. The summed E-state index contributed by atoms with van der Waals surface area (Å²) < 4.78 is 5.19. The summed E-state index contributed by atoms with van der Waals surface area (Å²) in [5.41, 5.74) is 7.23. The van der Waals surface area contributed by atoms with Gasteiger partial charge in [-0.25, -0.2) is 4.79 Å². The molecule has 0 aromatic heterocycles. The zero-order valence-electron chi connectivity index (χ0n) is 12.6. The number of benzene rings is 1. The monoisotopic (exact) mass is 321 g/mol. The Balaban J connectivity index is 1.91. The number of cyclic esters (lactones) is 1. The van der Waals surface area contributed by atoms with Gasteiger partial charge in [0.15, 0.2) is 0 Å². The summed E-state index contributed by atoms with van der Waals surface area (Å²) in [4.78, 5) is 28.4. The van der Waals surface area contributed by atoms with E-state index < -0.39 is 0 Å². The molecule has 22 heavy (non-hydrogen) atoms. The van der Waals surface area contributed by atoms with Gasteiger partial charge < -0.3 is 15.4 Å². The van der Waals surface area contributed by atoms with Gasteiger partial charge in [-0.3, -0.25) is 9.69 Å². The van der Waals surface area contributed by atoms with Crippen molar-refractivity contribution in [2.75, 3.05) is 29.9 Å². The standard InChI is InChI=1S/C15H19N3O3S/c1-3-12-14(19)17(2)11-5-4-9(6-13(11)22-12)18-8-10(7-16)21-15(18)20/h4-6,10,12H,3,7-8,16H2,1-2H3/t10-,12?/m0/s1. The molecule has 2 N–H and O–H groups in total. The van der Waals surface area contributed by atoms with Crippen LogP contribution < -0.4 is 15.5 Å². The summed E-state index contributed by atoms with van der Waals surface area (Å²) in [6, 6.07) is 5.67. The summed E-state index contributed by atoms with van der Waals surface area (Å²) in [5, 5.41) is -0.0740. The van der Waals surface area contributed by atoms with E-state index in [1.165, 1.54) is 0 Å². The van der Waals surface area contributed by atoms with E-state index in [4.69, 9.17) is 10.5 Å². The number of anilines is 2. The molecule has 6 nitrogen and oxygen atoms in total. The SMILES string of the molecule is CCC1Sc2cc(N3C[C@H](CN)OC3=O)ccc2N(C)C1=O. The highest BCUT2D eigenvalue weighted by Gasteiger charge is 2.34. The van der Waals surface area contributed by atoms with Crippen LogP contribution in [0, 0.1) is 0 Å². The van der Waals surface area contributed by atoms with E-state index in [-0.39, 0.29) is 23.4 Å². The molecule has 0 bridgehead atoms. The fourth-order valence-corrected chi connectivity index (χ4v) is 3.94. The second-order valence-corrected chi connectivity index (χ2v) is 6.66. The Bertz CT molecular complexity index is 622. The van der Waals surface area contributed by atoms with Crippen molar-refractivity contribution >= 4 is 35.1 Å². The van der Waals surface area contributed by atoms with Crippen LogP contribution in [0.1, 0.15) is 13.3 Å². The molecule has 0 saturated carbocycles. The molecule has 7 heteroatoms. The Labute approximate surface area is 133 Å². The summed E-state index contributed by atoms with van der Waals surface area (Å²) in [6.07, 6.45) is 0.148. The third kappa shape index (κ3) is 2.44. The number of hydrogen-bond donors (Lipinski definition) is 1. The van der Waals surface area contributed by atoms with Gasteiger partial charge in [0.25, 0.3) is 0 Å². The van der Waals surface area contributed by atoms with E-state index in [1.807, 2.05) is 25.1 Å². The van der Waals surface area contributed by atoms with E-state index >= 15 is 0 Å². The largest absolute Gasteiger partial charge is 0.443 e. The number of thioether (sulfide) groups is 1. The van der Waals surface area contributed by atoms with Crippen LogP contribution >= 0.6 is 11.8 Å². The van der Waals surface area contributed by atoms with Crippen LogP contribution in [0.2, 0.25) is 0 Å². The average molecular weight is 321 g/mol. The van der Waals surface area contributed by atoms with Crippen molar-refractivity contribution in [2.45, 2.75) is 29.6 Å². The molecule has 2 aliphatic rings. The minimum atomic E-state index is -0.368. The van der Waals surface area contributed by atoms with E-state index in [0.29, 0.717) is 13.1 Å². The molecule has 1 aromatic carbocycles. The first kappa shape index (κ1) is 15.2. The van der Waals surface area contributed by atoms with Crippen LogP contribution in [0.4, 0.5) is 16.2 Å². The quantitative estimate of drug-likeness (QED) is 0.919. The molecule has 1 fully saturated rings. The third-order valence-corrected chi connectivity index (χ3v) is 5.40. The van der Waals surface area contributed by atoms with Crippen LogP contribution in [-0.4, -0.2) is 43.5 Å². The first-order valence-electron chi connectivity index (χ1n) is 7.31. The molecule has 1 aromatic rings. The number of carbonyl (C=O) groups is 2. The molecule has 2 amide bonds. The number of fused-ring (bicyclic) bond motifs is 1. The predicted octanol–water partition coefficient (Wildman–Crippen LogP) is 1.82. The van der Waals surface area contributed by atoms with Gasteiger partial charge in [0.05, 0.1) is 17.5 Å². The molecule has 118 valence electrons. The van der Waals surface area contributed by atoms with Crippen molar-refractivity contribution < 1.29 is 14.3 Å². The van der Waals surface area contributed by atoms with Gasteiger partial charge in [0, 0.05) is 24.2 Å². The van der Waals surface area contributed by atoms with Crippen LogP contribution in [0.5, 0.6) is 0 Å². The predicted molar refractivity (Wildman–Crippen MR) is 86.5 cm³/mol. The lowest BCUT2D eigenvalue weighted by Gasteiger charge is -2.31. The Hall–Kier alpha value is -1.73. The van der Waals surface area contributed by atoms with Crippen LogP contribution in [0.3, 0.4) is 0 Å². The zero-order chi connectivity index (χ0) is 15.9. The lowest BCUT2D eigenvalue weighted by molar-refractivity contribution is -0.118. The molecule has 1 unspecified atom stereocenters. The van der Waals surface area contributed by atoms with Gasteiger partial charge in [-0.1, -0.05) is 6.92 Å². The van der Waals surface area contributed by atoms with Crippen molar-refractivity contribution in [1.29, 1.82) is 0 Å². The molecule has 2 atom stereocenters. The Kier molecular flexibility index (Phi) is 4.01. The number of nitrogens with two attached hydrogens (primary N) is 1. The van der Waals surface area contributed by atoms with Crippen LogP contribution in [0.15, 0.2) is 23.1 Å². The average Bonchev–Trinajstić information content (AvgIpc) is 2.91. The molecule has 2 heterocycles. The summed E-state index contributed by atoms with van der Waals surface area (Å²) in [5.74, 6) is 0.122. The molecule has 3 rings (SSSR count). The maximum Gasteiger partial charge on any atom is 0.414 e. The maximum atomic E-state index is 12.2. The topological polar surface area (TPSA) is 75.9 Å². The molecular weight excluding hydrogens is 302 g/mol. The molecule has 0 spiro atoms. The first-order chi connectivity index (χ1) is 10.5.